The molecule has 0 radical (unpaired) electrons. The first-order valence-electron chi connectivity index (χ1n) is 3.84. The molecule has 0 aromatic heterocycles. The van der Waals surface area contributed by atoms with E-state index in [1.807, 2.05) is 28.9 Å². The zero-order valence-electron chi connectivity index (χ0n) is 7.35. The van der Waals surface area contributed by atoms with Crippen LogP contribution in [0.15, 0.2) is 24.3 Å². The summed E-state index contributed by atoms with van der Waals surface area (Å²) in [6.07, 6.45) is 0. The molecule has 76 valence electrons. The number of nitrogens with one attached hydrogen (secondary N) is 1. The van der Waals surface area contributed by atoms with Gasteiger partial charge in [-0.1, -0.05) is 12.1 Å². The number of carbonyl (C=O) groups is 1. The number of amides is 1. The maximum Gasteiger partial charge on any atom is 0.378 e. The third-order valence-electron chi connectivity index (χ3n) is 1.53. The van der Waals surface area contributed by atoms with Crippen molar-refractivity contribution in [1.29, 1.82) is 0 Å². The maximum absolute atomic E-state index is 12.4. The average molecular weight is 264 g/mol. The average Bonchev–Trinajstić information content (AvgIpc) is 2.02. The number of aryl methyl sites for hydroxylation is 1. The van der Waals surface area contributed by atoms with Crippen molar-refractivity contribution in [3.05, 3.63) is 29.8 Å². The summed E-state index contributed by atoms with van der Waals surface area (Å²) in [7, 11) is 0. The Labute approximate surface area is 88.4 Å². The number of alkyl halides is 3. The monoisotopic (exact) mass is 263 g/mol. The van der Waals surface area contributed by atoms with Crippen LogP contribution in [0.4, 0.5) is 14.5 Å². The molecule has 14 heavy (non-hydrogen) atoms. The SMILES string of the molecule is Cc1cccc(NC(=O)C(F)(F)Br)c1. The van der Waals surface area contributed by atoms with Gasteiger partial charge in [0.05, 0.1) is 0 Å². The summed E-state index contributed by atoms with van der Waals surface area (Å²) in [6.45, 7) is 1.81. The van der Waals surface area contributed by atoms with Gasteiger partial charge in [-0.3, -0.25) is 4.79 Å². The van der Waals surface area contributed by atoms with Crippen LogP contribution >= 0.6 is 15.9 Å². The highest BCUT2D eigenvalue weighted by atomic mass is 79.9. The molecule has 0 spiro atoms. The van der Waals surface area contributed by atoms with Crippen molar-refractivity contribution in [1.82, 2.24) is 0 Å². The van der Waals surface area contributed by atoms with Gasteiger partial charge in [-0.25, -0.2) is 0 Å². The summed E-state index contributed by atoms with van der Waals surface area (Å²) >= 11 is 1.97. The van der Waals surface area contributed by atoms with Gasteiger partial charge in [0.25, 0.3) is 0 Å². The van der Waals surface area contributed by atoms with E-state index in [0.29, 0.717) is 5.69 Å². The van der Waals surface area contributed by atoms with Crippen molar-refractivity contribution in [2.45, 2.75) is 11.8 Å². The molecule has 0 atom stereocenters. The Hall–Kier alpha value is -0.970. The highest BCUT2D eigenvalue weighted by Gasteiger charge is 2.34. The number of hydrogen-bond donors (Lipinski definition) is 1. The predicted molar refractivity (Wildman–Crippen MR) is 53.7 cm³/mol. The second-order valence-electron chi connectivity index (χ2n) is 2.82. The summed E-state index contributed by atoms with van der Waals surface area (Å²) in [4.78, 5) is 7.31. The van der Waals surface area contributed by atoms with Gasteiger partial charge in [0.2, 0.25) is 0 Å². The van der Waals surface area contributed by atoms with Gasteiger partial charge in [-0.05, 0) is 24.6 Å². The Kier molecular flexibility index (Phi) is 3.21. The molecule has 0 saturated carbocycles. The van der Waals surface area contributed by atoms with Gasteiger partial charge in [0, 0.05) is 21.6 Å². The Balaban J connectivity index is 2.75. The van der Waals surface area contributed by atoms with Crippen LogP contribution in [0.2, 0.25) is 0 Å². The van der Waals surface area contributed by atoms with Crippen molar-refractivity contribution < 1.29 is 13.6 Å². The first-order valence-corrected chi connectivity index (χ1v) is 4.64. The molecule has 0 fully saturated rings. The summed E-state index contributed by atoms with van der Waals surface area (Å²) in [5.41, 5.74) is 1.25. The van der Waals surface area contributed by atoms with E-state index in [2.05, 4.69) is 5.32 Å². The highest BCUT2D eigenvalue weighted by Crippen LogP contribution is 2.23. The Morgan fingerprint density at radius 1 is 1.50 bits per heavy atom. The zero-order chi connectivity index (χ0) is 10.8. The quantitative estimate of drug-likeness (QED) is 0.817. The molecule has 1 amide bonds. The minimum atomic E-state index is -3.53. The van der Waals surface area contributed by atoms with E-state index in [1.54, 1.807) is 18.2 Å². The molecule has 1 aromatic carbocycles. The molecule has 0 heterocycles. The molecule has 2 nitrogen and oxygen atoms in total. The third-order valence-corrected chi connectivity index (χ3v) is 1.89. The molecule has 0 bridgehead atoms. The largest absolute Gasteiger partial charge is 0.378 e. The van der Waals surface area contributed by atoms with Crippen LogP contribution in [0.1, 0.15) is 5.56 Å². The molecule has 0 aliphatic carbocycles. The van der Waals surface area contributed by atoms with Crippen LogP contribution < -0.4 is 5.32 Å². The fraction of sp³-hybridized carbons (Fsp3) is 0.222. The fourth-order valence-corrected chi connectivity index (χ4v) is 1.02. The van der Waals surface area contributed by atoms with Crippen LogP contribution in [0.3, 0.4) is 0 Å². The van der Waals surface area contributed by atoms with E-state index < -0.39 is 10.7 Å². The lowest BCUT2D eigenvalue weighted by atomic mass is 10.2. The number of carbonyl (C=O) groups excluding carboxylic acids is 1. The molecule has 0 unspecified atom stereocenters. The lowest BCUT2D eigenvalue weighted by Crippen LogP contribution is -2.28. The van der Waals surface area contributed by atoms with Gasteiger partial charge < -0.3 is 5.32 Å². The van der Waals surface area contributed by atoms with E-state index in [1.165, 1.54) is 0 Å². The van der Waals surface area contributed by atoms with Crippen molar-refractivity contribution >= 4 is 27.5 Å². The molecule has 1 aromatic rings. The summed E-state index contributed by atoms with van der Waals surface area (Å²) in [6, 6.07) is 6.64. The lowest BCUT2D eigenvalue weighted by Gasteiger charge is -2.09. The molecule has 5 heteroatoms. The smallest absolute Gasteiger partial charge is 0.320 e. The predicted octanol–water partition coefficient (Wildman–Crippen LogP) is 2.92. The van der Waals surface area contributed by atoms with Crippen LogP contribution in [0.25, 0.3) is 0 Å². The number of anilines is 1. The minimum Gasteiger partial charge on any atom is -0.320 e. The Morgan fingerprint density at radius 3 is 2.64 bits per heavy atom. The lowest BCUT2D eigenvalue weighted by molar-refractivity contribution is -0.128. The topological polar surface area (TPSA) is 29.1 Å². The second-order valence-corrected chi connectivity index (χ2v) is 3.82. The number of halogens is 3. The van der Waals surface area contributed by atoms with Crippen molar-refractivity contribution in [3.8, 4) is 0 Å². The normalized spacial score (nSPS) is 11.1. The molecule has 0 aliphatic heterocycles. The number of rotatable bonds is 2. The van der Waals surface area contributed by atoms with E-state index >= 15 is 0 Å². The Bertz CT molecular complexity index is 349. The van der Waals surface area contributed by atoms with E-state index in [4.69, 9.17) is 0 Å². The van der Waals surface area contributed by atoms with E-state index in [0.717, 1.165) is 5.56 Å². The van der Waals surface area contributed by atoms with Gasteiger partial charge in [0.1, 0.15) is 0 Å². The zero-order valence-corrected chi connectivity index (χ0v) is 8.94. The summed E-state index contributed by atoms with van der Waals surface area (Å²) in [5, 5.41) is 2.09. The number of benzene rings is 1. The second kappa shape index (κ2) is 4.04. The standard InChI is InChI=1S/C9H8BrF2NO/c1-6-3-2-4-7(5-6)13-8(14)9(10,11)12/h2-5H,1H3,(H,13,14). The van der Waals surface area contributed by atoms with Crippen molar-refractivity contribution in [2.75, 3.05) is 5.32 Å². The summed E-state index contributed by atoms with van der Waals surface area (Å²) in [5.74, 6) is -1.37. The molecule has 1 N–H and O–H groups in total. The van der Waals surface area contributed by atoms with Crippen LogP contribution in [-0.4, -0.2) is 10.7 Å². The van der Waals surface area contributed by atoms with Crippen LogP contribution in [0.5, 0.6) is 0 Å². The first-order chi connectivity index (χ1) is 6.39. The number of hydrogen-bond acceptors (Lipinski definition) is 1. The highest BCUT2D eigenvalue weighted by molar-refractivity contribution is 9.10. The van der Waals surface area contributed by atoms with Gasteiger partial charge >= 0.3 is 10.7 Å². The van der Waals surface area contributed by atoms with Crippen molar-refractivity contribution in [3.63, 3.8) is 0 Å². The van der Waals surface area contributed by atoms with Gasteiger partial charge in [-0.15, -0.1) is 0 Å². The first kappa shape index (κ1) is 11.1. The molecular formula is C9H8BrF2NO. The minimum absolute atomic E-state index is 0.356. The van der Waals surface area contributed by atoms with E-state index in [9.17, 15) is 13.6 Å². The summed E-state index contributed by atoms with van der Waals surface area (Å²) < 4.78 is 24.8. The third kappa shape index (κ3) is 3.06. The molecule has 1 rings (SSSR count). The molecule has 0 saturated heterocycles. The Morgan fingerprint density at radius 2 is 2.14 bits per heavy atom. The molecule has 0 aliphatic rings. The van der Waals surface area contributed by atoms with Gasteiger partial charge in [0.15, 0.2) is 0 Å². The maximum atomic E-state index is 12.4. The van der Waals surface area contributed by atoms with Crippen LogP contribution in [-0.2, 0) is 4.79 Å². The molecular weight excluding hydrogens is 256 g/mol. The van der Waals surface area contributed by atoms with Crippen LogP contribution in [0, 0.1) is 6.92 Å². The fourth-order valence-electron chi connectivity index (χ4n) is 0.925. The van der Waals surface area contributed by atoms with E-state index in [-0.39, 0.29) is 0 Å². The van der Waals surface area contributed by atoms with Gasteiger partial charge in [-0.2, -0.15) is 8.78 Å². The van der Waals surface area contributed by atoms with Crippen molar-refractivity contribution in [2.24, 2.45) is 0 Å².